The fourth-order valence-electron chi connectivity index (χ4n) is 3.19. The molecule has 0 spiro atoms. The van der Waals surface area contributed by atoms with Crippen molar-refractivity contribution in [3.05, 3.63) is 34.6 Å². The summed E-state index contributed by atoms with van der Waals surface area (Å²) in [6.07, 6.45) is 2.52. The number of nitrogens with zero attached hydrogens (tertiary/aromatic N) is 4. The molecule has 10 heteroatoms. The standard InChI is InChI=1S/C17H23BrN4O4S/c1-12-19-16(11-20(12)2)27(24,25)22-8-6-13(7-9-22)17(23)21(3)10-14-4-5-15(18)26-14/h4-5,11,13H,6-10H2,1-3H3. The first-order chi connectivity index (χ1) is 12.7. The van der Waals surface area contributed by atoms with Crippen LogP contribution in [-0.2, 0) is 28.4 Å². The summed E-state index contributed by atoms with van der Waals surface area (Å²) in [6.45, 7) is 2.77. The summed E-state index contributed by atoms with van der Waals surface area (Å²) in [5, 5.41) is 0.0628. The smallest absolute Gasteiger partial charge is 0.262 e. The van der Waals surface area contributed by atoms with E-state index in [1.54, 1.807) is 36.6 Å². The SMILES string of the molecule is Cc1nc(S(=O)(=O)N2CCC(C(=O)N(C)Cc3ccc(Br)o3)CC2)cn1C. The number of piperidine rings is 1. The minimum Gasteiger partial charge on any atom is -0.452 e. The summed E-state index contributed by atoms with van der Waals surface area (Å²) in [4.78, 5) is 18.4. The fraction of sp³-hybridized carbons (Fsp3) is 0.529. The molecule has 1 saturated heterocycles. The molecular weight excluding hydrogens is 436 g/mol. The maximum atomic E-state index is 12.7. The van der Waals surface area contributed by atoms with Gasteiger partial charge < -0.3 is 13.9 Å². The molecule has 0 aromatic carbocycles. The second-order valence-corrected chi connectivity index (χ2v) is 9.48. The van der Waals surface area contributed by atoms with E-state index in [0.29, 0.717) is 48.7 Å². The Morgan fingerprint density at radius 3 is 2.56 bits per heavy atom. The van der Waals surface area contributed by atoms with Crippen LogP contribution in [0.1, 0.15) is 24.4 Å². The normalized spacial score (nSPS) is 16.6. The van der Waals surface area contributed by atoms with Gasteiger partial charge in [-0.15, -0.1) is 0 Å². The molecule has 1 aliphatic rings. The summed E-state index contributed by atoms with van der Waals surface area (Å²) in [5.74, 6) is 1.16. The molecule has 0 saturated carbocycles. The van der Waals surface area contributed by atoms with Crippen LogP contribution in [-0.4, -0.2) is 53.2 Å². The Morgan fingerprint density at radius 2 is 2.04 bits per heavy atom. The molecule has 2 aromatic heterocycles. The molecule has 0 N–H and O–H groups in total. The highest BCUT2D eigenvalue weighted by Gasteiger charge is 2.34. The predicted octanol–water partition coefficient (Wildman–Crippen LogP) is 2.14. The molecule has 3 heterocycles. The van der Waals surface area contributed by atoms with Crippen molar-refractivity contribution in [3.63, 3.8) is 0 Å². The molecule has 1 fully saturated rings. The molecule has 3 rings (SSSR count). The van der Waals surface area contributed by atoms with E-state index in [1.807, 2.05) is 6.07 Å². The first-order valence-electron chi connectivity index (χ1n) is 8.68. The largest absolute Gasteiger partial charge is 0.452 e. The van der Waals surface area contributed by atoms with Crippen molar-refractivity contribution >= 4 is 31.9 Å². The van der Waals surface area contributed by atoms with Gasteiger partial charge in [-0.1, -0.05) is 0 Å². The van der Waals surface area contributed by atoms with E-state index in [0.717, 1.165) is 0 Å². The van der Waals surface area contributed by atoms with Crippen LogP contribution in [0.25, 0.3) is 0 Å². The molecule has 0 atom stereocenters. The van der Waals surface area contributed by atoms with Crippen LogP contribution in [0.5, 0.6) is 0 Å². The molecule has 1 aliphatic heterocycles. The van der Waals surface area contributed by atoms with Crippen molar-refractivity contribution in [3.8, 4) is 0 Å². The first-order valence-corrected chi connectivity index (χ1v) is 10.9. The van der Waals surface area contributed by atoms with Crippen molar-refractivity contribution in [1.29, 1.82) is 0 Å². The van der Waals surface area contributed by atoms with E-state index in [4.69, 9.17) is 4.42 Å². The maximum absolute atomic E-state index is 12.7. The van der Waals surface area contributed by atoms with Crippen molar-refractivity contribution in [1.82, 2.24) is 18.8 Å². The van der Waals surface area contributed by atoms with Gasteiger partial charge in [0.25, 0.3) is 10.0 Å². The summed E-state index contributed by atoms with van der Waals surface area (Å²) >= 11 is 3.25. The molecule has 8 nitrogen and oxygen atoms in total. The van der Waals surface area contributed by atoms with Gasteiger partial charge in [0, 0.05) is 39.3 Å². The van der Waals surface area contributed by atoms with Gasteiger partial charge in [-0.3, -0.25) is 4.79 Å². The van der Waals surface area contributed by atoms with E-state index in [9.17, 15) is 13.2 Å². The van der Waals surface area contributed by atoms with Crippen molar-refractivity contribution < 1.29 is 17.6 Å². The van der Waals surface area contributed by atoms with Gasteiger partial charge in [-0.2, -0.15) is 4.31 Å². The Kier molecular flexibility index (Phi) is 5.78. The van der Waals surface area contributed by atoms with Crippen LogP contribution >= 0.6 is 15.9 Å². The lowest BCUT2D eigenvalue weighted by molar-refractivity contribution is -0.136. The highest BCUT2D eigenvalue weighted by Crippen LogP contribution is 2.25. The third-order valence-electron chi connectivity index (χ3n) is 4.89. The highest BCUT2D eigenvalue weighted by atomic mass is 79.9. The van der Waals surface area contributed by atoms with Gasteiger partial charge in [-0.05, 0) is 47.8 Å². The van der Waals surface area contributed by atoms with Crippen LogP contribution in [0.2, 0.25) is 0 Å². The van der Waals surface area contributed by atoms with Crippen LogP contribution in [0.3, 0.4) is 0 Å². The minimum absolute atomic E-state index is 0.00764. The average molecular weight is 459 g/mol. The number of imidazole rings is 1. The van der Waals surface area contributed by atoms with E-state index >= 15 is 0 Å². The number of carbonyl (C=O) groups is 1. The van der Waals surface area contributed by atoms with Crippen LogP contribution in [0, 0.1) is 12.8 Å². The summed E-state index contributed by atoms with van der Waals surface area (Å²) < 4.78 is 34.7. The highest BCUT2D eigenvalue weighted by molar-refractivity contribution is 9.10. The summed E-state index contributed by atoms with van der Waals surface area (Å²) in [7, 11) is -0.124. The maximum Gasteiger partial charge on any atom is 0.262 e. The van der Waals surface area contributed by atoms with Gasteiger partial charge in [0.2, 0.25) is 5.91 Å². The first kappa shape index (κ1) is 20.1. The van der Waals surface area contributed by atoms with Crippen LogP contribution < -0.4 is 0 Å². The molecule has 148 valence electrons. The lowest BCUT2D eigenvalue weighted by Gasteiger charge is -2.31. The Balaban J connectivity index is 1.60. The summed E-state index contributed by atoms with van der Waals surface area (Å²) in [6, 6.07) is 3.61. The van der Waals surface area contributed by atoms with E-state index < -0.39 is 10.0 Å². The molecule has 0 radical (unpaired) electrons. The van der Waals surface area contributed by atoms with E-state index in [-0.39, 0.29) is 16.9 Å². The van der Waals surface area contributed by atoms with E-state index in [2.05, 4.69) is 20.9 Å². The zero-order chi connectivity index (χ0) is 19.8. The van der Waals surface area contributed by atoms with Gasteiger partial charge in [0.05, 0.1) is 6.54 Å². The Labute approximate surface area is 167 Å². The predicted molar refractivity (Wildman–Crippen MR) is 102 cm³/mol. The second-order valence-electron chi connectivity index (χ2n) is 6.82. The monoisotopic (exact) mass is 458 g/mol. The number of sulfonamides is 1. The molecule has 0 bridgehead atoms. The van der Waals surface area contributed by atoms with E-state index in [1.165, 1.54) is 10.5 Å². The minimum atomic E-state index is -3.62. The topological polar surface area (TPSA) is 88.7 Å². The summed E-state index contributed by atoms with van der Waals surface area (Å²) in [5.41, 5.74) is 0. The number of rotatable bonds is 5. The molecule has 0 unspecified atom stereocenters. The molecular formula is C17H23BrN4O4S. The average Bonchev–Trinajstić information content (AvgIpc) is 3.20. The molecule has 27 heavy (non-hydrogen) atoms. The number of amides is 1. The van der Waals surface area contributed by atoms with Crippen LogP contribution in [0.4, 0.5) is 0 Å². The number of halogens is 1. The third-order valence-corrected chi connectivity index (χ3v) is 7.09. The molecule has 2 aromatic rings. The van der Waals surface area contributed by atoms with Crippen molar-refractivity contribution in [2.45, 2.75) is 31.3 Å². The van der Waals surface area contributed by atoms with Gasteiger partial charge >= 0.3 is 0 Å². The van der Waals surface area contributed by atoms with Crippen molar-refractivity contribution in [2.75, 3.05) is 20.1 Å². The number of hydrogen-bond donors (Lipinski definition) is 0. The van der Waals surface area contributed by atoms with Crippen molar-refractivity contribution in [2.24, 2.45) is 13.0 Å². The number of aryl methyl sites for hydroxylation is 2. The number of aromatic nitrogens is 2. The number of carbonyl (C=O) groups excluding carboxylic acids is 1. The Morgan fingerprint density at radius 1 is 1.37 bits per heavy atom. The zero-order valence-electron chi connectivity index (χ0n) is 15.6. The molecule has 1 amide bonds. The number of hydrogen-bond acceptors (Lipinski definition) is 5. The van der Waals surface area contributed by atoms with Gasteiger partial charge in [-0.25, -0.2) is 13.4 Å². The lowest BCUT2D eigenvalue weighted by Crippen LogP contribution is -2.43. The zero-order valence-corrected chi connectivity index (χ0v) is 18.0. The second kappa shape index (κ2) is 7.76. The molecule has 0 aliphatic carbocycles. The Bertz CT molecular complexity index is 909. The number of furan rings is 1. The lowest BCUT2D eigenvalue weighted by atomic mass is 9.96. The van der Waals surface area contributed by atoms with Crippen LogP contribution in [0.15, 0.2) is 32.4 Å². The van der Waals surface area contributed by atoms with Gasteiger partial charge in [0.1, 0.15) is 11.6 Å². The Hall–Kier alpha value is -1.65. The third kappa shape index (κ3) is 4.27. The van der Waals surface area contributed by atoms with Gasteiger partial charge in [0.15, 0.2) is 9.70 Å². The quantitative estimate of drug-likeness (QED) is 0.684. The fourth-order valence-corrected chi connectivity index (χ4v) is 5.02.